The van der Waals surface area contributed by atoms with Gasteiger partial charge >= 0.3 is 5.97 Å². The Balaban J connectivity index is 1.95. The van der Waals surface area contributed by atoms with Gasteiger partial charge in [-0.25, -0.2) is 0 Å². The second-order valence-electron chi connectivity index (χ2n) is 5.51. The number of rotatable bonds is 8. The molecular formula is C19H20N2O2. The van der Waals surface area contributed by atoms with Gasteiger partial charge < -0.3 is 10.4 Å². The van der Waals surface area contributed by atoms with Crippen molar-refractivity contribution < 1.29 is 9.90 Å². The minimum Gasteiger partial charge on any atom is -0.481 e. The van der Waals surface area contributed by atoms with Crippen molar-refractivity contribution in [3.05, 3.63) is 71.3 Å². The third-order valence-electron chi connectivity index (χ3n) is 3.71. The van der Waals surface area contributed by atoms with Crippen molar-refractivity contribution in [2.45, 2.75) is 31.8 Å². The van der Waals surface area contributed by atoms with Crippen LogP contribution in [0, 0.1) is 11.3 Å². The Kier molecular flexibility index (Phi) is 6.34. The SMILES string of the molecule is N#Cc1ccc(CNC(CCC(=O)O)Cc2ccccc2)cc1. The predicted octanol–water partition coefficient (Wildman–Crippen LogP) is 3.12. The summed E-state index contributed by atoms with van der Waals surface area (Å²) in [4.78, 5) is 10.8. The van der Waals surface area contributed by atoms with Crippen molar-refractivity contribution in [1.82, 2.24) is 5.32 Å². The van der Waals surface area contributed by atoms with Gasteiger partial charge in [0.05, 0.1) is 11.6 Å². The average Bonchev–Trinajstić information content (AvgIpc) is 2.58. The first-order valence-electron chi connectivity index (χ1n) is 7.65. The van der Waals surface area contributed by atoms with E-state index < -0.39 is 5.97 Å². The molecule has 1 unspecified atom stereocenters. The molecular weight excluding hydrogens is 288 g/mol. The lowest BCUT2D eigenvalue weighted by Crippen LogP contribution is -2.31. The quantitative estimate of drug-likeness (QED) is 0.786. The van der Waals surface area contributed by atoms with E-state index in [0.29, 0.717) is 18.5 Å². The lowest BCUT2D eigenvalue weighted by Gasteiger charge is -2.18. The molecule has 0 aliphatic heterocycles. The fraction of sp³-hybridized carbons (Fsp3) is 0.263. The molecule has 4 nitrogen and oxygen atoms in total. The molecule has 2 rings (SSSR count). The van der Waals surface area contributed by atoms with Crippen LogP contribution in [0.2, 0.25) is 0 Å². The standard InChI is InChI=1S/C19H20N2O2/c20-13-16-6-8-17(9-7-16)14-21-18(10-11-19(22)23)12-15-4-2-1-3-5-15/h1-9,18,21H,10-12,14H2,(H,22,23). The van der Waals surface area contributed by atoms with Crippen LogP contribution < -0.4 is 5.32 Å². The summed E-state index contributed by atoms with van der Waals surface area (Å²) in [6.07, 6.45) is 1.53. The van der Waals surface area contributed by atoms with Crippen LogP contribution in [0.15, 0.2) is 54.6 Å². The molecule has 0 saturated heterocycles. The Bertz CT molecular complexity index is 660. The van der Waals surface area contributed by atoms with Gasteiger partial charge in [0.15, 0.2) is 0 Å². The van der Waals surface area contributed by atoms with E-state index in [0.717, 1.165) is 12.0 Å². The van der Waals surface area contributed by atoms with Crippen molar-refractivity contribution in [2.75, 3.05) is 0 Å². The minimum absolute atomic E-state index is 0.101. The van der Waals surface area contributed by atoms with Crippen LogP contribution in [0.5, 0.6) is 0 Å². The van der Waals surface area contributed by atoms with Gasteiger partial charge in [-0.2, -0.15) is 5.26 Å². The molecule has 118 valence electrons. The first-order valence-corrected chi connectivity index (χ1v) is 7.65. The van der Waals surface area contributed by atoms with E-state index in [1.807, 2.05) is 30.3 Å². The fourth-order valence-corrected chi connectivity index (χ4v) is 2.43. The molecule has 0 radical (unpaired) electrons. The molecule has 0 aromatic heterocycles. The summed E-state index contributed by atoms with van der Waals surface area (Å²) in [7, 11) is 0. The fourth-order valence-electron chi connectivity index (χ4n) is 2.43. The number of hydrogen-bond acceptors (Lipinski definition) is 3. The van der Waals surface area contributed by atoms with Crippen LogP contribution in [0.1, 0.15) is 29.5 Å². The monoisotopic (exact) mass is 308 g/mol. The minimum atomic E-state index is -0.775. The number of carboxylic acid groups (broad SMARTS) is 1. The highest BCUT2D eigenvalue weighted by atomic mass is 16.4. The van der Waals surface area contributed by atoms with Crippen LogP contribution in [0.3, 0.4) is 0 Å². The van der Waals surface area contributed by atoms with Gasteiger partial charge in [0.2, 0.25) is 0 Å². The van der Waals surface area contributed by atoms with Gasteiger partial charge in [-0.3, -0.25) is 4.79 Å². The van der Waals surface area contributed by atoms with Crippen molar-refractivity contribution in [3.8, 4) is 6.07 Å². The lowest BCUT2D eigenvalue weighted by molar-refractivity contribution is -0.137. The molecule has 2 N–H and O–H groups in total. The second kappa shape index (κ2) is 8.72. The number of aliphatic carboxylic acids is 1. The van der Waals surface area contributed by atoms with Crippen LogP contribution in [-0.4, -0.2) is 17.1 Å². The largest absolute Gasteiger partial charge is 0.481 e. The van der Waals surface area contributed by atoms with Crippen LogP contribution in [0.25, 0.3) is 0 Å². The Labute approximate surface area is 136 Å². The lowest BCUT2D eigenvalue weighted by atomic mass is 10.0. The molecule has 4 heteroatoms. The van der Waals surface area contributed by atoms with Crippen molar-refractivity contribution in [1.29, 1.82) is 5.26 Å². The van der Waals surface area contributed by atoms with Gasteiger partial charge in [0.25, 0.3) is 0 Å². The number of benzene rings is 2. The molecule has 0 saturated carbocycles. The van der Waals surface area contributed by atoms with Crippen molar-refractivity contribution in [3.63, 3.8) is 0 Å². The Morgan fingerprint density at radius 2 is 1.78 bits per heavy atom. The maximum atomic E-state index is 10.8. The zero-order valence-corrected chi connectivity index (χ0v) is 12.9. The zero-order valence-electron chi connectivity index (χ0n) is 12.9. The number of hydrogen-bond donors (Lipinski definition) is 2. The summed E-state index contributed by atoms with van der Waals surface area (Å²) in [5.41, 5.74) is 2.91. The summed E-state index contributed by atoms with van der Waals surface area (Å²) in [5.74, 6) is -0.775. The predicted molar refractivity (Wildman–Crippen MR) is 88.8 cm³/mol. The van der Waals surface area contributed by atoms with E-state index in [4.69, 9.17) is 10.4 Å². The van der Waals surface area contributed by atoms with Gasteiger partial charge in [-0.1, -0.05) is 42.5 Å². The summed E-state index contributed by atoms with van der Waals surface area (Å²) in [5, 5.41) is 21.2. The Morgan fingerprint density at radius 1 is 1.09 bits per heavy atom. The number of nitrogens with one attached hydrogen (secondary N) is 1. The molecule has 0 bridgehead atoms. The normalized spacial score (nSPS) is 11.6. The first kappa shape index (κ1) is 16.7. The van der Waals surface area contributed by atoms with E-state index in [-0.39, 0.29) is 12.5 Å². The first-order chi connectivity index (χ1) is 11.2. The van der Waals surface area contributed by atoms with Crippen molar-refractivity contribution in [2.24, 2.45) is 0 Å². The van der Waals surface area contributed by atoms with Crippen LogP contribution in [0.4, 0.5) is 0 Å². The van der Waals surface area contributed by atoms with Crippen LogP contribution >= 0.6 is 0 Å². The van der Waals surface area contributed by atoms with Gasteiger partial charge in [-0.05, 0) is 36.1 Å². The summed E-state index contributed by atoms with van der Waals surface area (Å²) < 4.78 is 0. The third kappa shape index (κ3) is 5.93. The second-order valence-corrected chi connectivity index (χ2v) is 5.51. The smallest absolute Gasteiger partial charge is 0.303 e. The molecule has 23 heavy (non-hydrogen) atoms. The molecule has 0 fully saturated rings. The van der Waals surface area contributed by atoms with Gasteiger partial charge in [0, 0.05) is 19.0 Å². The van der Waals surface area contributed by atoms with Crippen LogP contribution in [-0.2, 0) is 17.8 Å². The molecule has 0 aliphatic carbocycles. The highest BCUT2D eigenvalue weighted by molar-refractivity contribution is 5.66. The molecule has 0 spiro atoms. The highest BCUT2D eigenvalue weighted by Crippen LogP contribution is 2.10. The van der Waals surface area contributed by atoms with E-state index in [1.165, 1.54) is 5.56 Å². The van der Waals surface area contributed by atoms with E-state index >= 15 is 0 Å². The Morgan fingerprint density at radius 3 is 2.39 bits per heavy atom. The number of carboxylic acids is 1. The maximum Gasteiger partial charge on any atom is 0.303 e. The summed E-state index contributed by atoms with van der Waals surface area (Å²) >= 11 is 0. The topological polar surface area (TPSA) is 73.1 Å². The van der Waals surface area contributed by atoms with E-state index in [1.54, 1.807) is 12.1 Å². The average molecular weight is 308 g/mol. The van der Waals surface area contributed by atoms with E-state index in [2.05, 4.69) is 23.5 Å². The summed E-state index contributed by atoms with van der Waals surface area (Å²) in [6, 6.07) is 19.7. The molecule has 2 aromatic rings. The van der Waals surface area contributed by atoms with Gasteiger partial charge in [0.1, 0.15) is 0 Å². The van der Waals surface area contributed by atoms with E-state index in [9.17, 15) is 4.79 Å². The molecule has 2 aromatic carbocycles. The summed E-state index contributed by atoms with van der Waals surface area (Å²) in [6.45, 7) is 0.656. The number of carbonyl (C=O) groups is 1. The molecule has 0 aliphatic rings. The Hall–Kier alpha value is -2.64. The molecule has 0 amide bonds. The third-order valence-corrected chi connectivity index (χ3v) is 3.71. The number of nitrogens with zero attached hydrogens (tertiary/aromatic N) is 1. The van der Waals surface area contributed by atoms with Gasteiger partial charge in [-0.15, -0.1) is 0 Å². The number of nitriles is 1. The zero-order chi connectivity index (χ0) is 16.5. The highest BCUT2D eigenvalue weighted by Gasteiger charge is 2.11. The molecule has 0 heterocycles. The molecule has 1 atom stereocenters. The van der Waals surface area contributed by atoms with Crippen molar-refractivity contribution >= 4 is 5.97 Å². The maximum absolute atomic E-state index is 10.8.